The molecule has 1 fully saturated rings. The molecule has 0 saturated heterocycles. The van der Waals surface area contributed by atoms with Gasteiger partial charge in [0, 0.05) is 12.1 Å². The standard InChI is InChI=1S/C17H22N2O3/c1-21-16-10-13(11-18)8-9-15(16)22-12-17(20)19-14-6-4-2-3-5-7-14/h8-10,14H,2-7,12H2,1H3,(H,19,20). The van der Waals surface area contributed by atoms with Crippen LogP contribution in [0, 0.1) is 11.3 Å². The van der Waals surface area contributed by atoms with Crippen molar-refractivity contribution in [1.29, 1.82) is 5.26 Å². The fourth-order valence-electron chi connectivity index (χ4n) is 2.69. The molecular weight excluding hydrogens is 280 g/mol. The summed E-state index contributed by atoms with van der Waals surface area (Å²) in [6.45, 7) is -0.0429. The van der Waals surface area contributed by atoms with Crippen molar-refractivity contribution in [3.05, 3.63) is 23.8 Å². The number of nitrogens with zero attached hydrogens (tertiary/aromatic N) is 1. The first-order valence-electron chi connectivity index (χ1n) is 7.73. The summed E-state index contributed by atoms with van der Waals surface area (Å²) in [6, 6.07) is 7.19. The molecule has 0 spiro atoms. The molecule has 5 heteroatoms. The smallest absolute Gasteiger partial charge is 0.258 e. The van der Waals surface area contributed by atoms with Gasteiger partial charge >= 0.3 is 0 Å². The summed E-state index contributed by atoms with van der Waals surface area (Å²) in [5.74, 6) is 0.817. The topological polar surface area (TPSA) is 71.3 Å². The molecule has 1 N–H and O–H groups in total. The highest BCUT2D eigenvalue weighted by Gasteiger charge is 2.15. The van der Waals surface area contributed by atoms with E-state index in [1.807, 2.05) is 6.07 Å². The fourth-order valence-corrected chi connectivity index (χ4v) is 2.69. The molecule has 1 amide bonds. The van der Waals surface area contributed by atoms with E-state index < -0.39 is 0 Å². The molecule has 2 rings (SSSR count). The van der Waals surface area contributed by atoms with E-state index in [-0.39, 0.29) is 18.6 Å². The second kappa shape index (κ2) is 8.28. The summed E-state index contributed by atoms with van der Waals surface area (Å²) < 4.78 is 10.7. The Hall–Kier alpha value is -2.22. The van der Waals surface area contributed by atoms with E-state index in [2.05, 4.69) is 5.32 Å². The third kappa shape index (κ3) is 4.66. The Morgan fingerprint density at radius 1 is 1.27 bits per heavy atom. The van der Waals surface area contributed by atoms with Gasteiger partial charge in [-0.3, -0.25) is 4.79 Å². The maximum absolute atomic E-state index is 12.0. The van der Waals surface area contributed by atoms with Gasteiger partial charge in [0.25, 0.3) is 5.91 Å². The lowest BCUT2D eigenvalue weighted by molar-refractivity contribution is -0.123. The monoisotopic (exact) mass is 302 g/mol. The molecule has 1 aliphatic carbocycles. The normalized spacial score (nSPS) is 15.5. The second-order valence-corrected chi connectivity index (χ2v) is 5.52. The first kappa shape index (κ1) is 16.2. The summed E-state index contributed by atoms with van der Waals surface area (Å²) in [4.78, 5) is 12.0. The van der Waals surface area contributed by atoms with Crippen LogP contribution in [0.15, 0.2) is 18.2 Å². The average Bonchev–Trinajstić information content (AvgIpc) is 2.81. The quantitative estimate of drug-likeness (QED) is 0.849. The van der Waals surface area contributed by atoms with Gasteiger partial charge in [-0.15, -0.1) is 0 Å². The van der Waals surface area contributed by atoms with Gasteiger partial charge in [0.15, 0.2) is 18.1 Å². The summed E-state index contributed by atoms with van der Waals surface area (Å²) >= 11 is 0. The minimum absolute atomic E-state index is 0.0429. The van der Waals surface area contributed by atoms with E-state index in [0.29, 0.717) is 17.1 Å². The molecule has 0 heterocycles. The molecular formula is C17H22N2O3. The minimum atomic E-state index is -0.113. The Morgan fingerprint density at radius 2 is 2.00 bits per heavy atom. The van der Waals surface area contributed by atoms with Gasteiger partial charge in [-0.1, -0.05) is 25.7 Å². The van der Waals surface area contributed by atoms with Crippen LogP contribution in [0.4, 0.5) is 0 Å². The number of amides is 1. The zero-order valence-electron chi connectivity index (χ0n) is 12.9. The summed E-state index contributed by atoms with van der Waals surface area (Å²) in [7, 11) is 1.51. The highest BCUT2D eigenvalue weighted by molar-refractivity contribution is 5.78. The number of carbonyl (C=O) groups excluding carboxylic acids is 1. The van der Waals surface area contributed by atoms with Gasteiger partial charge in [-0.25, -0.2) is 0 Å². The molecule has 0 aliphatic heterocycles. The van der Waals surface area contributed by atoms with Gasteiger partial charge in [0.1, 0.15) is 0 Å². The van der Waals surface area contributed by atoms with Crippen LogP contribution in [0.1, 0.15) is 44.1 Å². The maximum atomic E-state index is 12.0. The van der Waals surface area contributed by atoms with Gasteiger partial charge in [-0.05, 0) is 25.0 Å². The fraction of sp³-hybridized carbons (Fsp3) is 0.529. The molecule has 0 radical (unpaired) electrons. The lowest BCUT2D eigenvalue weighted by Gasteiger charge is -2.17. The van der Waals surface area contributed by atoms with E-state index in [1.165, 1.54) is 32.8 Å². The van der Waals surface area contributed by atoms with Crippen molar-refractivity contribution in [1.82, 2.24) is 5.32 Å². The number of hydrogen-bond donors (Lipinski definition) is 1. The Balaban J connectivity index is 1.86. The van der Waals surface area contributed by atoms with Crippen LogP contribution in [0.2, 0.25) is 0 Å². The Bertz CT molecular complexity index is 543. The molecule has 0 atom stereocenters. The van der Waals surface area contributed by atoms with Crippen molar-refractivity contribution in [3.63, 3.8) is 0 Å². The highest BCUT2D eigenvalue weighted by atomic mass is 16.5. The van der Waals surface area contributed by atoms with Crippen molar-refractivity contribution >= 4 is 5.91 Å². The number of carbonyl (C=O) groups is 1. The predicted molar refractivity (Wildman–Crippen MR) is 82.8 cm³/mol. The van der Waals surface area contributed by atoms with Gasteiger partial charge < -0.3 is 14.8 Å². The van der Waals surface area contributed by atoms with Crippen molar-refractivity contribution in [2.45, 2.75) is 44.6 Å². The Kier molecular flexibility index (Phi) is 6.08. The molecule has 118 valence electrons. The van der Waals surface area contributed by atoms with Gasteiger partial charge in [-0.2, -0.15) is 5.26 Å². The first-order valence-corrected chi connectivity index (χ1v) is 7.73. The van der Waals surface area contributed by atoms with Gasteiger partial charge in [0.05, 0.1) is 18.7 Å². The molecule has 22 heavy (non-hydrogen) atoms. The van der Waals surface area contributed by atoms with Crippen molar-refractivity contribution in [2.75, 3.05) is 13.7 Å². The van der Waals surface area contributed by atoms with E-state index in [1.54, 1.807) is 18.2 Å². The number of hydrogen-bond acceptors (Lipinski definition) is 4. The SMILES string of the molecule is COc1cc(C#N)ccc1OCC(=O)NC1CCCCCC1. The predicted octanol–water partition coefficient (Wildman–Crippen LogP) is 2.78. The highest BCUT2D eigenvalue weighted by Crippen LogP contribution is 2.27. The van der Waals surface area contributed by atoms with E-state index in [9.17, 15) is 4.79 Å². The second-order valence-electron chi connectivity index (χ2n) is 5.52. The maximum Gasteiger partial charge on any atom is 0.258 e. The van der Waals surface area contributed by atoms with Crippen LogP contribution in [0.25, 0.3) is 0 Å². The number of methoxy groups -OCH3 is 1. The zero-order chi connectivity index (χ0) is 15.8. The molecule has 1 aromatic carbocycles. The third-order valence-corrected chi connectivity index (χ3v) is 3.87. The van der Waals surface area contributed by atoms with E-state index in [4.69, 9.17) is 14.7 Å². The summed E-state index contributed by atoms with van der Waals surface area (Å²) in [5, 5.41) is 11.9. The average molecular weight is 302 g/mol. The van der Waals surface area contributed by atoms with Crippen LogP contribution in [0.5, 0.6) is 11.5 Å². The van der Waals surface area contributed by atoms with Crippen LogP contribution >= 0.6 is 0 Å². The zero-order valence-corrected chi connectivity index (χ0v) is 12.9. The Morgan fingerprint density at radius 3 is 2.64 bits per heavy atom. The van der Waals surface area contributed by atoms with Crippen molar-refractivity contribution < 1.29 is 14.3 Å². The van der Waals surface area contributed by atoms with Crippen LogP contribution in [-0.2, 0) is 4.79 Å². The number of ether oxygens (including phenoxy) is 2. The number of benzene rings is 1. The molecule has 1 saturated carbocycles. The van der Waals surface area contributed by atoms with Crippen LogP contribution in [0.3, 0.4) is 0 Å². The first-order chi connectivity index (χ1) is 10.7. The van der Waals surface area contributed by atoms with E-state index in [0.717, 1.165) is 12.8 Å². The lowest BCUT2D eigenvalue weighted by Crippen LogP contribution is -2.37. The Labute approximate surface area is 131 Å². The molecule has 0 unspecified atom stereocenters. The van der Waals surface area contributed by atoms with Crippen molar-refractivity contribution in [3.8, 4) is 17.6 Å². The minimum Gasteiger partial charge on any atom is -0.493 e. The third-order valence-electron chi connectivity index (χ3n) is 3.87. The number of nitriles is 1. The number of rotatable bonds is 5. The molecule has 5 nitrogen and oxygen atoms in total. The molecule has 0 bridgehead atoms. The van der Waals surface area contributed by atoms with Crippen LogP contribution < -0.4 is 14.8 Å². The largest absolute Gasteiger partial charge is 0.493 e. The summed E-state index contributed by atoms with van der Waals surface area (Å²) in [5.41, 5.74) is 0.493. The van der Waals surface area contributed by atoms with Crippen molar-refractivity contribution in [2.24, 2.45) is 0 Å². The lowest BCUT2D eigenvalue weighted by atomic mass is 10.1. The molecule has 0 aromatic heterocycles. The molecule has 1 aromatic rings. The van der Waals surface area contributed by atoms with Gasteiger partial charge in [0.2, 0.25) is 0 Å². The van der Waals surface area contributed by atoms with Crippen LogP contribution in [-0.4, -0.2) is 25.7 Å². The summed E-state index contributed by atoms with van der Waals surface area (Å²) in [6.07, 6.45) is 6.96. The van der Waals surface area contributed by atoms with E-state index >= 15 is 0 Å². The number of nitrogens with one attached hydrogen (secondary N) is 1. The molecule has 1 aliphatic rings.